The minimum atomic E-state index is -4.94. The molecule has 0 atom stereocenters. The third-order valence-corrected chi connectivity index (χ3v) is 3.19. The second-order valence-corrected chi connectivity index (χ2v) is 6.43. The van der Waals surface area contributed by atoms with Gasteiger partial charge in [0.05, 0.1) is 0 Å². The van der Waals surface area contributed by atoms with Crippen molar-refractivity contribution in [2.75, 3.05) is 26.3 Å². The Hall–Kier alpha value is -2.05. The first-order valence-electron chi connectivity index (χ1n) is 9.04. The molecule has 2 N–H and O–H groups in total. The summed E-state index contributed by atoms with van der Waals surface area (Å²) in [5, 5.41) is 39.2. The Morgan fingerprint density at radius 2 is 1.00 bits per heavy atom. The van der Waals surface area contributed by atoms with E-state index >= 15 is 0 Å². The molecule has 2 aromatic rings. The number of hydrogen-bond acceptors (Lipinski definition) is 10. The molecule has 0 radical (unpaired) electrons. The average Bonchev–Trinajstić information content (AvgIpc) is 2.70. The Kier molecular flexibility index (Phi) is 19.7. The SMILES string of the molecule is [Mn+3].[O-][Cl+3]([O-])([O-])[O-].[O-]c1ccccc1C=NCCCO.[O-]c1ccccc1C=NCCCO. The molecule has 10 nitrogen and oxygen atoms in total. The van der Waals surface area contributed by atoms with Crippen molar-refractivity contribution in [3.63, 3.8) is 0 Å². The summed E-state index contributed by atoms with van der Waals surface area (Å²) >= 11 is 0. The Morgan fingerprint density at radius 3 is 1.28 bits per heavy atom. The van der Waals surface area contributed by atoms with E-state index in [0.29, 0.717) is 37.1 Å². The van der Waals surface area contributed by atoms with E-state index in [9.17, 15) is 10.2 Å². The van der Waals surface area contributed by atoms with Crippen LogP contribution >= 0.6 is 0 Å². The van der Waals surface area contributed by atoms with Crippen molar-refractivity contribution in [3.05, 3.63) is 59.7 Å². The molecule has 2 rings (SSSR count). The van der Waals surface area contributed by atoms with Gasteiger partial charge in [-0.25, -0.2) is 18.6 Å². The van der Waals surface area contributed by atoms with Crippen LogP contribution in [0.15, 0.2) is 58.5 Å². The predicted molar refractivity (Wildman–Crippen MR) is 100 cm³/mol. The Labute approximate surface area is 199 Å². The fourth-order valence-electron chi connectivity index (χ4n) is 1.82. The van der Waals surface area contributed by atoms with Crippen LogP contribution in [0.4, 0.5) is 0 Å². The van der Waals surface area contributed by atoms with Crippen LogP contribution in [0.1, 0.15) is 24.0 Å². The predicted octanol–water partition coefficient (Wildman–Crippen LogP) is -3.64. The van der Waals surface area contributed by atoms with Gasteiger partial charge in [0.15, 0.2) is 0 Å². The maximum Gasteiger partial charge on any atom is 3.00 e. The van der Waals surface area contributed by atoms with Crippen molar-refractivity contribution in [3.8, 4) is 11.5 Å². The molecule has 0 spiro atoms. The van der Waals surface area contributed by atoms with Gasteiger partial charge in [-0.05, 0) is 24.0 Å². The van der Waals surface area contributed by atoms with E-state index in [4.69, 9.17) is 28.8 Å². The normalized spacial score (nSPS) is 10.7. The van der Waals surface area contributed by atoms with Gasteiger partial charge in [0.25, 0.3) is 0 Å². The minimum Gasteiger partial charge on any atom is -0.872 e. The van der Waals surface area contributed by atoms with E-state index in [1.165, 1.54) is 12.1 Å². The molecule has 176 valence electrons. The molecule has 32 heavy (non-hydrogen) atoms. The molecule has 0 fully saturated rings. The fraction of sp³-hybridized carbons (Fsp3) is 0.300. The van der Waals surface area contributed by atoms with Gasteiger partial charge in [0.1, 0.15) is 0 Å². The summed E-state index contributed by atoms with van der Waals surface area (Å²) in [5.74, 6) is -0.0366. The fourth-order valence-corrected chi connectivity index (χ4v) is 1.82. The van der Waals surface area contributed by atoms with Gasteiger partial charge in [-0.15, -0.1) is 21.7 Å². The zero-order valence-corrected chi connectivity index (χ0v) is 18.9. The number of aliphatic hydroxyl groups is 2. The van der Waals surface area contributed by atoms with Gasteiger partial charge in [-0.3, -0.25) is 9.98 Å². The second-order valence-electron chi connectivity index (χ2n) is 5.68. The van der Waals surface area contributed by atoms with E-state index in [1.807, 2.05) is 0 Å². The van der Waals surface area contributed by atoms with Crippen molar-refractivity contribution in [1.82, 2.24) is 0 Å². The van der Waals surface area contributed by atoms with Crippen LogP contribution in [0, 0.1) is 10.2 Å². The molecule has 0 saturated heterocycles. The number of aliphatic imine (C=N–C) groups is 2. The number of hydrogen-bond donors (Lipinski definition) is 2. The Morgan fingerprint density at radius 1 is 0.688 bits per heavy atom. The Bertz CT molecular complexity index is 723. The van der Waals surface area contributed by atoms with Gasteiger partial charge in [0.2, 0.25) is 0 Å². The molecule has 2 aromatic carbocycles. The Balaban J connectivity index is 0. The third-order valence-electron chi connectivity index (χ3n) is 3.19. The molecule has 0 aromatic heterocycles. The maximum atomic E-state index is 11.1. The van der Waals surface area contributed by atoms with Crippen molar-refractivity contribution < 1.29 is 66.4 Å². The van der Waals surface area contributed by atoms with Crippen molar-refractivity contribution >= 4 is 12.4 Å². The summed E-state index contributed by atoms with van der Waals surface area (Å²) in [5.41, 5.74) is 1.20. The summed E-state index contributed by atoms with van der Waals surface area (Å²) in [6.45, 7) is 1.39. The quantitative estimate of drug-likeness (QED) is 0.205. The monoisotopic (exact) mass is 510 g/mol. The van der Waals surface area contributed by atoms with Crippen molar-refractivity contribution in [1.29, 1.82) is 0 Å². The standard InChI is InChI=1S/2C10H13NO2.ClHO4.Mn/c2*12-7-3-6-11-8-9-4-1-2-5-10(9)13;2-1(3,4)5;/h2*1-2,4-5,8,12-13H,3,6-7H2;(H,2,3,4,5);/q;;;+3/p-3. The molecule has 0 heterocycles. The van der Waals surface area contributed by atoms with E-state index < -0.39 is 10.2 Å². The summed E-state index contributed by atoms with van der Waals surface area (Å²) in [6.07, 6.45) is 4.38. The first-order valence-corrected chi connectivity index (χ1v) is 10.3. The van der Waals surface area contributed by atoms with E-state index in [0.717, 1.165) is 0 Å². The summed E-state index contributed by atoms with van der Waals surface area (Å²) < 4.78 is 34.0. The van der Waals surface area contributed by atoms with Gasteiger partial charge < -0.3 is 20.4 Å². The molecule has 0 aliphatic rings. The van der Waals surface area contributed by atoms with Crippen LogP contribution in [0.5, 0.6) is 11.5 Å². The summed E-state index contributed by atoms with van der Waals surface area (Å²) in [4.78, 5) is 8.01. The van der Waals surface area contributed by atoms with Crippen LogP contribution in [-0.4, -0.2) is 48.9 Å². The van der Waals surface area contributed by atoms with Crippen LogP contribution in [0.3, 0.4) is 0 Å². The third kappa shape index (κ3) is 19.9. The number of halogens is 1. The molecule has 0 amide bonds. The van der Waals surface area contributed by atoms with Gasteiger partial charge >= 0.3 is 17.1 Å². The largest absolute Gasteiger partial charge is 3.00 e. The zero-order valence-electron chi connectivity index (χ0n) is 17.0. The summed E-state index contributed by atoms with van der Waals surface area (Å²) in [6, 6.07) is 13.5. The van der Waals surface area contributed by atoms with Crippen molar-refractivity contribution in [2.24, 2.45) is 9.98 Å². The maximum absolute atomic E-state index is 11.1. The van der Waals surface area contributed by atoms with Crippen molar-refractivity contribution in [2.45, 2.75) is 12.8 Å². The molecular weight excluding hydrogens is 487 g/mol. The van der Waals surface area contributed by atoms with E-state index in [-0.39, 0.29) is 41.8 Å². The van der Waals surface area contributed by atoms with Crippen LogP contribution in [-0.2, 0) is 17.1 Å². The molecule has 0 aliphatic heterocycles. The second kappa shape index (κ2) is 19.6. The molecule has 0 aliphatic carbocycles. The van der Waals surface area contributed by atoms with Crippen LogP contribution in [0.25, 0.3) is 0 Å². The smallest absolute Gasteiger partial charge is 0.872 e. The minimum absolute atomic E-state index is 0. The van der Waals surface area contributed by atoms with Crippen LogP contribution < -0.4 is 28.8 Å². The number of nitrogens with zero attached hydrogens (tertiary/aromatic N) is 2. The summed E-state index contributed by atoms with van der Waals surface area (Å²) in [7, 11) is -4.94. The zero-order chi connectivity index (χ0) is 23.5. The average molecular weight is 511 g/mol. The van der Waals surface area contributed by atoms with E-state index in [2.05, 4.69) is 9.98 Å². The first kappa shape index (κ1) is 32.1. The molecular formula is C20H24ClMnN2O8. The van der Waals surface area contributed by atoms with Gasteiger partial charge in [-0.1, -0.05) is 48.5 Å². The number of rotatable bonds is 8. The molecule has 12 heteroatoms. The number of aliphatic hydroxyl groups excluding tert-OH is 2. The molecule has 0 bridgehead atoms. The topological polar surface area (TPSA) is 204 Å². The van der Waals surface area contributed by atoms with Gasteiger partial charge in [-0.2, -0.15) is 0 Å². The first-order chi connectivity index (χ1) is 14.7. The van der Waals surface area contributed by atoms with E-state index in [1.54, 1.807) is 48.8 Å². The number of benzene rings is 2. The van der Waals surface area contributed by atoms with Crippen LogP contribution in [0.2, 0.25) is 0 Å². The van der Waals surface area contributed by atoms with Gasteiger partial charge in [0, 0.05) is 38.7 Å². The molecule has 0 saturated carbocycles. The molecule has 0 unspecified atom stereocenters. The number of para-hydroxylation sites is 2.